The summed E-state index contributed by atoms with van der Waals surface area (Å²) in [5, 5.41) is 2.80. The molecule has 2 N–H and O–H groups in total. The molecule has 0 amide bonds. The first-order valence-electron chi connectivity index (χ1n) is 6.92. The lowest BCUT2D eigenvalue weighted by Gasteiger charge is -2.09. The van der Waals surface area contributed by atoms with E-state index in [-0.39, 0.29) is 17.2 Å². The van der Waals surface area contributed by atoms with Crippen LogP contribution in [-0.2, 0) is 0 Å². The van der Waals surface area contributed by atoms with Gasteiger partial charge in [0.15, 0.2) is 0 Å². The Balaban J connectivity index is 1.99. The predicted molar refractivity (Wildman–Crippen MR) is 92.4 cm³/mol. The molecule has 3 aromatic rings. The van der Waals surface area contributed by atoms with E-state index >= 15 is 0 Å². The lowest BCUT2D eigenvalue weighted by Crippen LogP contribution is -2.11. The number of hydrogen-bond acceptors (Lipinski definition) is 3. The third kappa shape index (κ3) is 3.65. The maximum Gasteiger partial charge on any atom is 0.252 e. The molecule has 0 aliphatic heterocycles. The minimum atomic E-state index is -0.442. The summed E-state index contributed by atoms with van der Waals surface area (Å²) in [6, 6.07) is 13.7. The molecule has 3 rings (SSSR count). The maximum absolute atomic E-state index is 13.9. The molecule has 0 spiro atoms. The second-order valence-corrected chi connectivity index (χ2v) is 6.01. The normalized spacial score (nSPS) is 10.6. The van der Waals surface area contributed by atoms with Gasteiger partial charge in [0.1, 0.15) is 5.82 Å². The van der Waals surface area contributed by atoms with Crippen molar-refractivity contribution in [3.8, 4) is 11.3 Å². The molecular weight excluding hydrogens is 361 g/mol. The van der Waals surface area contributed by atoms with Gasteiger partial charge in [0.25, 0.3) is 5.56 Å². The van der Waals surface area contributed by atoms with Gasteiger partial charge in [-0.1, -0.05) is 39.7 Å². The molecule has 2 aromatic carbocycles. The number of hydrogen-bond donors (Lipinski definition) is 2. The van der Waals surface area contributed by atoms with Gasteiger partial charge in [-0.3, -0.25) is 9.78 Å². The maximum atomic E-state index is 13.9. The molecule has 0 radical (unpaired) electrons. The average Bonchev–Trinajstić information content (AvgIpc) is 2.50. The summed E-state index contributed by atoms with van der Waals surface area (Å²) in [7, 11) is 0. The van der Waals surface area contributed by atoms with Gasteiger partial charge in [-0.2, -0.15) is 0 Å². The van der Waals surface area contributed by atoms with E-state index in [0.29, 0.717) is 10.2 Å². The Morgan fingerprint density at radius 1 is 1.17 bits per heavy atom. The number of aromatic nitrogens is 2. The zero-order valence-electron chi connectivity index (χ0n) is 12.2. The van der Waals surface area contributed by atoms with E-state index in [1.165, 1.54) is 12.1 Å². The number of aromatic amines is 1. The Morgan fingerprint density at radius 2 is 2.00 bits per heavy atom. The minimum Gasteiger partial charge on any atom is -0.323 e. The van der Waals surface area contributed by atoms with Gasteiger partial charge in [-0.15, -0.1) is 0 Å². The monoisotopic (exact) mass is 373 g/mol. The zero-order valence-corrected chi connectivity index (χ0v) is 13.8. The number of aryl methyl sites for hydroxylation is 1. The van der Waals surface area contributed by atoms with E-state index in [4.69, 9.17) is 0 Å². The Bertz CT molecular complexity index is 924. The molecule has 6 heteroatoms. The van der Waals surface area contributed by atoms with Crippen LogP contribution in [-0.4, -0.2) is 9.97 Å². The van der Waals surface area contributed by atoms with Crippen LogP contribution in [0.2, 0.25) is 0 Å². The summed E-state index contributed by atoms with van der Waals surface area (Å²) in [5.74, 6) is -0.252. The highest BCUT2D eigenvalue weighted by Crippen LogP contribution is 2.23. The number of rotatable bonds is 3. The standard InChI is InChI=1S/C17H13BrFN3O/c1-10-3-2-4-11(7-10)15-9-16(23)22-17(21-15)20-14-6-5-12(18)8-13(14)19/h2-9H,1H3,(H2,20,21,22,23). The molecule has 1 heterocycles. The molecular formula is C17H13BrFN3O. The fraction of sp³-hybridized carbons (Fsp3) is 0.0588. The van der Waals surface area contributed by atoms with Crippen molar-refractivity contribution in [1.82, 2.24) is 9.97 Å². The first-order chi connectivity index (χ1) is 11.0. The summed E-state index contributed by atoms with van der Waals surface area (Å²) in [4.78, 5) is 18.8. The summed E-state index contributed by atoms with van der Waals surface area (Å²) in [5.41, 5.74) is 2.35. The van der Waals surface area contributed by atoms with Gasteiger partial charge in [-0.25, -0.2) is 9.37 Å². The van der Waals surface area contributed by atoms with Crippen molar-refractivity contribution < 1.29 is 4.39 Å². The summed E-state index contributed by atoms with van der Waals surface area (Å²) < 4.78 is 14.5. The molecule has 1 aromatic heterocycles. The fourth-order valence-corrected chi connectivity index (χ4v) is 2.52. The highest BCUT2D eigenvalue weighted by molar-refractivity contribution is 9.10. The Hall–Kier alpha value is -2.47. The van der Waals surface area contributed by atoms with Crippen molar-refractivity contribution in [3.05, 3.63) is 74.7 Å². The molecule has 0 aliphatic rings. The van der Waals surface area contributed by atoms with Crippen LogP contribution in [0.3, 0.4) is 0 Å². The number of H-pyrrole nitrogens is 1. The lowest BCUT2D eigenvalue weighted by atomic mass is 10.1. The Labute approximate surface area is 140 Å². The molecule has 4 nitrogen and oxygen atoms in total. The quantitative estimate of drug-likeness (QED) is 0.715. The van der Waals surface area contributed by atoms with Crippen LogP contribution in [0.15, 0.2) is 57.8 Å². The van der Waals surface area contributed by atoms with Gasteiger partial charge in [-0.05, 0) is 31.2 Å². The van der Waals surface area contributed by atoms with Gasteiger partial charge < -0.3 is 5.32 Å². The molecule has 0 fully saturated rings. The molecule has 116 valence electrons. The lowest BCUT2D eigenvalue weighted by molar-refractivity contribution is 0.630. The van der Waals surface area contributed by atoms with E-state index in [2.05, 4.69) is 31.2 Å². The van der Waals surface area contributed by atoms with Crippen LogP contribution in [0.4, 0.5) is 16.0 Å². The molecule has 0 saturated heterocycles. The van der Waals surface area contributed by atoms with E-state index in [0.717, 1.165) is 11.1 Å². The molecule has 0 saturated carbocycles. The van der Waals surface area contributed by atoms with Crippen LogP contribution in [0.5, 0.6) is 0 Å². The number of halogens is 2. The summed E-state index contributed by atoms with van der Waals surface area (Å²) in [6.45, 7) is 1.97. The molecule has 23 heavy (non-hydrogen) atoms. The van der Waals surface area contributed by atoms with E-state index < -0.39 is 5.82 Å². The number of benzene rings is 2. The Kier molecular flexibility index (Phi) is 4.25. The van der Waals surface area contributed by atoms with E-state index in [9.17, 15) is 9.18 Å². The van der Waals surface area contributed by atoms with Crippen LogP contribution < -0.4 is 10.9 Å². The predicted octanol–water partition coefficient (Wildman–Crippen LogP) is 4.39. The molecule has 0 atom stereocenters. The van der Waals surface area contributed by atoms with Crippen molar-refractivity contribution in [2.75, 3.05) is 5.32 Å². The number of nitrogens with one attached hydrogen (secondary N) is 2. The van der Waals surface area contributed by atoms with Crippen LogP contribution in [0, 0.1) is 12.7 Å². The number of nitrogens with zero attached hydrogens (tertiary/aromatic N) is 1. The molecule has 0 unspecified atom stereocenters. The van der Waals surface area contributed by atoms with Gasteiger partial charge >= 0.3 is 0 Å². The third-order valence-electron chi connectivity index (χ3n) is 3.24. The Morgan fingerprint density at radius 3 is 2.74 bits per heavy atom. The van der Waals surface area contributed by atoms with Gasteiger partial charge in [0.2, 0.25) is 5.95 Å². The fourth-order valence-electron chi connectivity index (χ4n) is 2.19. The van der Waals surface area contributed by atoms with Crippen molar-refractivity contribution in [3.63, 3.8) is 0 Å². The topological polar surface area (TPSA) is 57.8 Å². The summed E-state index contributed by atoms with van der Waals surface area (Å²) >= 11 is 3.20. The van der Waals surface area contributed by atoms with Gasteiger partial charge in [0.05, 0.1) is 11.4 Å². The van der Waals surface area contributed by atoms with Gasteiger partial charge in [0, 0.05) is 16.1 Å². The summed E-state index contributed by atoms with van der Waals surface area (Å²) in [6.07, 6.45) is 0. The van der Waals surface area contributed by atoms with E-state index in [1.54, 1.807) is 12.1 Å². The SMILES string of the molecule is Cc1cccc(-c2cc(=O)[nH]c(Nc3ccc(Br)cc3F)n2)c1. The third-order valence-corrected chi connectivity index (χ3v) is 3.73. The first-order valence-corrected chi connectivity index (χ1v) is 7.71. The van der Waals surface area contributed by atoms with Crippen LogP contribution in [0.25, 0.3) is 11.3 Å². The number of anilines is 2. The van der Waals surface area contributed by atoms with Crippen molar-refractivity contribution in [2.45, 2.75) is 6.92 Å². The highest BCUT2D eigenvalue weighted by Gasteiger charge is 2.07. The first kappa shape index (κ1) is 15.4. The second kappa shape index (κ2) is 6.34. The molecule has 0 bridgehead atoms. The highest BCUT2D eigenvalue weighted by atomic mass is 79.9. The molecule has 0 aliphatic carbocycles. The van der Waals surface area contributed by atoms with Crippen LogP contribution in [0.1, 0.15) is 5.56 Å². The van der Waals surface area contributed by atoms with Crippen molar-refractivity contribution in [2.24, 2.45) is 0 Å². The second-order valence-electron chi connectivity index (χ2n) is 5.10. The zero-order chi connectivity index (χ0) is 16.4. The smallest absolute Gasteiger partial charge is 0.252 e. The average molecular weight is 374 g/mol. The van der Waals surface area contributed by atoms with E-state index in [1.807, 2.05) is 31.2 Å². The van der Waals surface area contributed by atoms with Crippen molar-refractivity contribution in [1.29, 1.82) is 0 Å². The minimum absolute atomic E-state index is 0.190. The van der Waals surface area contributed by atoms with Crippen molar-refractivity contribution >= 4 is 27.6 Å². The largest absolute Gasteiger partial charge is 0.323 e. The van der Waals surface area contributed by atoms with Crippen LogP contribution >= 0.6 is 15.9 Å².